The zero-order valence-electron chi connectivity index (χ0n) is 9.57. The summed E-state index contributed by atoms with van der Waals surface area (Å²) >= 11 is 0. The first-order chi connectivity index (χ1) is 7.09. The number of hydrogen-bond donors (Lipinski definition) is 1. The van der Waals surface area contributed by atoms with Gasteiger partial charge in [-0.15, -0.1) is 0 Å². The summed E-state index contributed by atoms with van der Waals surface area (Å²) in [6.07, 6.45) is 2.66. The van der Waals surface area contributed by atoms with Crippen LogP contribution in [0.3, 0.4) is 0 Å². The molecule has 2 rings (SSSR count). The number of aromatic hydroxyl groups is 1. The van der Waals surface area contributed by atoms with E-state index in [1.54, 1.807) is 6.07 Å². The smallest absolute Gasteiger partial charge is 0.117 e. The van der Waals surface area contributed by atoms with Crippen LogP contribution in [0.5, 0.6) is 5.75 Å². The number of phenols is 1. The molecule has 0 bridgehead atoms. The van der Waals surface area contributed by atoms with E-state index in [4.69, 9.17) is 0 Å². The van der Waals surface area contributed by atoms with Gasteiger partial charge in [0.05, 0.1) is 6.17 Å². The van der Waals surface area contributed by atoms with Gasteiger partial charge in [-0.05, 0) is 38.6 Å². The molecule has 1 aliphatic heterocycles. The van der Waals surface area contributed by atoms with Gasteiger partial charge in [-0.3, -0.25) is 4.90 Å². The highest BCUT2D eigenvalue weighted by molar-refractivity contribution is 5.58. The topological polar surface area (TPSA) is 26.7 Å². The van der Waals surface area contributed by atoms with Gasteiger partial charge in [-0.1, -0.05) is 6.07 Å². The Balaban J connectivity index is 2.36. The van der Waals surface area contributed by atoms with Gasteiger partial charge in [0.2, 0.25) is 0 Å². The normalized spacial score (nSPS) is 20.5. The minimum absolute atomic E-state index is 0.347. The van der Waals surface area contributed by atoms with Crippen molar-refractivity contribution < 1.29 is 5.11 Å². The van der Waals surface area contributed by atoms with Gasteiger partial charge in [0, 0.05) is 18.8 Å². The van der Waals surface area contributed by atoms with Gasteiger partial charge >= 0.3 is 0 Å². The highest BCUT2D eigenvalue weighted by Crippen LogP contribution is 2.32. The summed E-state index contributed by atoms with van der Waals surface area (Å²) in [6, 6.07) is 5.64. The van der Waals surface area contributed by atoms with E-state index in [0.29, 0.717) is 11.9 Å². The van der Waals surface area contributed by atoms with Crippen molar-refractivity contribution >= 4 is 5.69 Å². The Hall–Kier alpha value is -1.22. The fraction of sp³-hybridized carbons (Fsp3) is 0.500. The third-order valence-corrected chi connectivity index (χ3v) is 3.16. The van der Waals surface area contributed by atoms with Crippen LogP contribution in [0.1, 0.15) is 12.0 Å². The number of aryl methyl sites for hydroxylation is 1. The maximum atomic E-state index is 9.49. The number of nitrogens with zero attached hydrogens (tertiary/aromatic N) is 2. The van der Waals surface area contributed by atoms with E-state index in [0.717, 1.165) is 18.5 Å². The molecule has 82 valence electrons. The molecule has 1 unspecified atom stereocenters. The molecule has 1 heterocycles. The predicted octanol–water partition coefficient (Wildman–Crippen LogP) is 1.66. The Morgan fingerprint density at radius 1 is 1.40 bits per heavy atom. The van der Waals surface area contributed by atoms with Crippen molar-refractivity contribution in [2.24, 2.45) is 0 Å². The Kier molecular flexibility index (Phi) is 2.57. The SMILES string of the molecule is CN(C)C1CCc2ccc(O)cc2N1C. The number of anilines is 1. The van der Waals surface area contributed by atoms with Crippen LogP contribution in [0.25, 0.3) is 0 Å². The van der Waals surface area contributed by atoms with Crippen molar-refractivity contribution in [2.75, 3.05) is 26.0 Å². The maximum Gasteiger partial charge on any atom is 0.117 e. The minimum Gasteiger partial charge on any atom is -0.508 e. The van der Waals surface area contributed by atoms with Crippen LogP contribution in [0.4, 0.5) is 5.69 Å². The average Bonchev–Trinajstić information content (AvgIpc) is 2.19. The predicted molar refractivity (Wildman–Crippen MR) is 62.3 cm³/mol. The standard InChI is InChI=1S/C12H18N2O/c1-13(2)12-7-5-9-4-6-10(15)8-11(9)14(12)3/h4,6,8,12,15H,5,7H2,1-3H3. The van der Waals surface area contributed by atoms with Crippen LogP contribution in [-0.4, -0.2) is 37.3 Å². The Morgan fingerprint density at radius 2 is 2.13 bits per heavy atom. The number of benzene rings is 1. The van der Waals surface area contributed by atoms with E-state index >= 15 is 0 Å². The minimum atomic E-state index is 0.347. The summed E-state index contributed by atoms with van der Waals surface area (Å²) in [4.78, 5) is 4.45. The molecule has 1 aliphatic rings. The molecule has 3 heteroatoms. The lowest BCUT2D eigenvalue weighted by Crippen LogP contribution is -2.45. The second-order valence-electron chi connectivity index (χ2n) is 4.41. The van der Waals surface area contributed by atoms with Crippen molar-refractivity contribution in [3.63, 3.8) is 0 Å². The summed E-state index contributed by atoms with van der Waals surface area (Å²) in [5.41, 5.74) is 2.48. The molecule has 0 saturated heterocycles. The molecule has 0 spiro atoms. The molecular weight excluding hydrogens is 188 g/mol. The molecule has 0 fully saturated rings. The first kappa shape index (κ1) is 10.3. The van der Waals surface area contributed by atoms with Crippen molar-refractivity contribution in [1.82, 2.24) is 4.90 Å². The van der Waals surface area contributed by atoms with Gasteiger partial charge in [0.1, 0.15) is 5.75 Å². The first-order valence-electron chi connectivity index (χ1n) is 5.31. The zero-order chi connectivity index (χ0) is 11.0. The zero-order valence-corrected chi connectivity index (χ0v) is 9.57. The molecule has 0 aromatic heterocycles. The fourth-order valence-corrected chi connectivity index (χ4v) is 2.34. The van der Waals surface area contributed by atoms with Crippen LogP contribution in [-0.2, 0) is 6.42 Å². The summed E-state index contributed by atoms with van der Waals surface area (Å²) in [5, 5.41) is 9.49. The number of rotatable bonds is 1. The fourth-order valence-electron chi connectivity index (χ4n) is 2.34. The van der Waals surface area contributed by atoms with Gasteiger partial charge < -0.3 is 10.0 Å². The highest BCUT2D eigenvalue weighted by Gasteiger charge is 2.24. The Labute approximate surface area is 90.9 Å². The molecule has 0 aliphatic carbocycles. The van der Waals surface area contributed by atoms with E-state index in [2.05, 4.69) is 30.9 Å². The Bertz CT molecular complexity index is 363. The van der Waals surface area contributed by atoms with Crippen molar-refractivity contribution in [3.05, 3.63) is 23.8 Å². The molecule has 0 amide bonds. The van der Waals surface area contributed by atoms with E-state index in [1.165, 1.54) is 5.56 Å². The third kappa shape index (κ3) is 1.79. The lowest BCUT2D eigenvalue weighted by atomic mass is 9.99. The van der Waals surface area contributed by atoms with Crippen molar-refractivity contribution in [1.29, 1.82) is 0 Å². The summed E-state index contributed by atoms with van der Waals surface area (Å²) < 4.78 is 0. The van der Waals surface area contributed by atoms with Gasteiger partial charge in [-0.25, -0.2) is 0 Å². The second kappa shape index (κ2) is 3.74. The third-order valence-electron chi connectivity index (χ3n) is 3.16. The van der Waals surface area contributed by atoms with Crippen LogP contribution < -0.4 is 4.90 Å². The molecule has 0 radical (unpaired) electrons. The Morgan fingerprint density at radius 3 is 2.80 bits per heavy atom. The van der Waals surface area contributed by atoms with Crippen molar-refractivity contribution in [3.8, 4) is 5.75 Å². The molecule has 1 N–H and O–H groups in total. The molecular formula is C12H18N2O. The number of fused-ring (bicyclic) bond motifs is 1. The van der Waals surface area contributed by atoms with Gasteiger partial charge in [0.25, 0.3) is 0 Å². The van der Waals surface area contributed by atoms with E-state index in [-0.39, 0.29) is 0 Å². The summed E-state index contributed by atoms with van der Waals surface area (Å²) in [7, 11) is 6.27. The van der Waals surface area contributed by atoms with Crippen molar-refractivity contribution in [2.45, 2.75) is 19.0 Å². The quantitative estimate of drug-likeness (QED) is 0.757. The highest BCUT2D eigenvalue weighted by atomic mass is 16.3. The van der Waals surface area contributed by atoms with Gasteiger partial charge in [-0.2, -0.15) is 0 Å². The van der Waals surface area contributed by atoms with E-state index < -0.39 is 0 Å². The first-order valence-corrected chi connectivity index (χ1v) is 5.31. The molecule has 1 aromatic carbocycles. The average molecular weight is 206 g/mol. The molecule has 1 atom stereocenters. The van der Waals surface area contributed by atoms with Crippen LogP contribution in [0.15, 0.2) is 18.2 Å². The lowest BCUT2D eigenvalue weighted by molar-refractivity contribution is 0.269. The van der Waals surface area contributed by atoms with E-state index in [9.17, 15) is 5.11 Å². The largest absolute Gasteiger partial charge is 0.508 e. The molecule has 0 saturated carbocycles. The monoisotopic (exact) mass is 206 g/mol. The summed E-state index contributed by atoms with van der Waals surface area (Å²) in [6.45, 7) is 0. The van der Waals surface area contributed by atoms with Crippen LogP contribution >= 0.6 is 0 Å². The summed E-state index contributed by atoms with van der Waals surface area (Å²) in [5.74, 6) is 0.347. The number of hydrogen-bond acceptors (Lipinski definition) is 3. The van der Waals surface area contributed by atoms with E-state index in [1.807, 2.05) is 12.1 Å². The maximum absolute atomic E-state index is 9.49. The lowest BCUT2D eigenvalue weighted by Gasteiger charge is -2.39. The second-order valence-corrected chi connectivity index (χ2v) is 4.41. The molecule has 3 nitrogen and oxygen atoms in total. The van der Waals surface area contributed by atoms with Crippen LogP contribution in [0, 0.1) is 0 Å². The van der Waals surface area contributed by atoms with Gasteiger partial charge in [0.15, 0.2) is 0 Å². The number of phenolic OH excluding ortho intramolecular Hbond substituents is 1. The van der Waals surface area contributed by atoms with Crippen LogP contribution in [0.2, 0.25) is 0 Å². The molecule has 15 heavy (non-hydrogen) atoms. The molecule has 1 aromatic rings.